The molecule has 0 saturated carbocycles. The fourth-order valence-electron chi connectivity index (χ4n) is 3.29. The van der Waals surface area contributed by atoms with E-state index in [1.165, 1.54) is 13.2 Å². The first-order valence-electron chi connectivity index (χ1n) is 9.01. The van der Waals surface area contributed by atoms with Gasteiger partial charge in [0.05, 0.1) is 20.3 Å². The minimum atomic E-state index is -0.476. The van der Waals surface area contributed by atoms with E-state index in [1.54, 1.807) is 18.9 Å². The maximum Gasteiger partial charge on any atom is 0.332 e. The standard InChI is InChI=1S/C22H24N2O4/c1-14-5-9-17(10-6-14)24-21(16-7-11-18(27-3)12-8-16)20(22(24)26)23-15(2)13-19(25)28-4/h5-13,20-21,23H,1-4H3. The first kappa shape index (κ1) is 19.5. The summed E-state index contributed by atoms with van der Waals surface area (Å²) in [6.07, 6.45) is 1.34. The number of methoxy groups -OCH3 is 2. The highest BCUT2D eigenvalue weighted by Gasteiger charge is 2.49. The number of amides is 1. The molecule has 1 saturated heterocycles. The summed E-state index contributed by atoms with van der Waals surface area (Å²) in [5, 5.41) is 3.16. The molecule has 0 radical (unpaired) electrons. The number of β-lactam (4-membered cyclic amide) rings is 1. The summed E-state index contributed by atoms with van der Waals surface area (Å²) in [7, 11) is 2.94. The second kappa shape index (κ2) is 8.17. The summed E-state index contributed by atoms with van der Waals surface area (Å²) in [5.41, 5.74) is 3.52. The molecule has 1 N–H and O–H groups in total. The zero-order valence-electron chi connectivity index (χ0n) is 16.4. The Balaban J connectivity index is 1.92. The number of rotatable bonds is 6. The van der Waals surface area contributed by atoms with E-state index in [0.717, 1.165) is 22.6 Å². The molecule has 1 aliphatic rings. The Morgan fingerprint density at radius 1 is 1.07 bits per heavy atom. The van der Waals surface area contributed by atoms with Gasteiger partial charge in [-0.15, -0.1) is 0 Å². The van der Waals surface area contributed by atoms with Gasteiger partial charge in [-0.25, -0.2) is 4.79 Å². The van der Waals surface area contributed by atoms with Crippen molar-refractivity contribution in [1.29, 1.82) is 0 Å². The monoisotopic (exact) mass is 380 g/mol. The van der Waals surface area contributed by atoms with Crippen molar-refractivity contribution in [2.24, 2.45) is 0 Å². The van der Waals surface area contributed by atoms with E-state index < -0.39 is 12.0 Å². The molecule has 1 heterocycles. The van der Waals surface area contributed by atoms with Gasteiger partial charge < -0.3 is 19.7 Å². The van der Waals surface area contributed by atoms with Crippen LogP contribution in [0.15, 0.2) is 60.3 Å². The molecule has 6 heteroatoms. The van der Waals surface area contributed by atoms with Crippen LogP contribution in [0.2, 0.25) is 0 Å². The zero-order valence-corrected chi connectivity index (χ0v) is 16.4. The Morgan fingerprint density at radius 2 is 1.71 bits per heavy atom. The highest BCUT2D eigenvalue weighted by Crippen LogP contribution is 2.40. The molecule has 1 aliphatic heterocycles. The number of aryl methyl sites for hydroxylation is 1. The van der Waals surface area contributed by atoms with E-state index in [1.807, 2.05) is 55.5 Å². The van der Waals surface area contributed by atoms with Crippen molar-refractivity contribution < 1.29 is 19.1 Å². The average molecular weight is 380 g/mol. The van der Waals surface area contributed by atoms with Crippen molar-refractivity contribution >= 4 is 17.6 Å². The predicted octanol–water partition coefficient (Wildman–Crippen LogP) is 3.13. The predicted molar refractivity (Wildman–Crippen MR) is 107 cm³/mol. The Labute approximate surface area is 164 Å². The van der Waals surface area contributed by atoms with Gasteiger partial charge in [0.1, 0.15) is 11.8 Å². The lowest BCUT2D eigenvalue weighted by atomic mass is 9.87. The van der Waals surface area contributed by atoms with Crippen LogP contribution in [0.3, 0.4) is 0 Å². The molecule has 2 aromatic rings. The van der Waals surface area contributed by atoms with Gasteiger partial charge in [-0.05, 0) is 43.7 Å². The van der Waals surface area contributed by atoms with Gasteiger partial charge in [-0.2, -0.15) is 0 Å². The van der Waals surface area contributed by atoms with Gasteiger partial charge >= 0.3 is 5.97 Å². The molecule has 3 rings (SSSR count). The number of ether oxygens (including phenoxy) is 2. The minimum absolute atomic E-state index is 0.0534. The molecule has 0 bridgehead atoms. The van der Waals surface area contributed by atoms with Crippen molar-refractivity contribution in [3.05, 3.63) is 71.4 Å². The van der Waals surface area contributed by atoms with Gasteiger partial charge in [-0.3, -0.25) is 4.79 Å². The number of carbonyl (C=O) groups excluding carboxylic acids is 2. The van der Waals surface area contributed by atoms with E-state index >= 15 is 0 Å². The summed E-state index contributed by atoms with van der Waals surface area (Å²) >= 11 is 0. The van der Waals surface area contributed by atoms with E-state index in [9.17, 15) is 9.59 Å². The van der Waals surface area contributed by atoms with Crippen LogP contribution in [0.25, 0.3) is 0 Å². The molecule has 2 aromatic carbocycles. The van der Waals surface area contributed by atoms with Crippen LogP contribution in [0.4, 0.5) is 5.69 Å². The lowest BCUT2D eigenvalue weighted by molar-refractivity contribution is -0.135. The Morgan fingerprint density at radius 3 is 2.29 bits per heavy atom. The Kier molecular flexibility index (Phi) is 5.68. The van der Waals surface area contributed by atoms with Gasteiger partial charge in [0.2, 0.25) is 0 Å². The van der Waals surface area contributed by atoms with Gasteiger partial charge in [0, 0.05) is 17.5 Å². The number of hydrogen-bond donors (Lipinski definition) is 1. The van der Waals surface area contributed by atoms with Crippen LogP contribution < -0.4 is 15.0 Å². The molecule has 0 aromatic heterocycles. The summed E-state index contributed by atoms with van der Waals surface area (Å²) in [6.45, 7) is 3.75. The van der Waals surface area contributed by atoms with Crippen molar-refractivity contribution in [2.45, 2.75) is 25.9 Å². The first-order chi connectivity index (χ1) is 13.4. The number of nitrogens with zero attached hydrogens (tertiary/aromatic N) is 1. The smallest absolute Gasteiger partial charge is 0.332 e. The van der Waals surface area contributed by atoms with E-state index in [-0.39, 0.29) is 11.9 Å². The highest BCUT2D eigenvalue weighted by atomic mass is 16.5. The highest BCUT2D eigenvalue weighted by molar-refractivity contribution is 6.06. The molecule has 0 spiro atoms. The number of nitrogens with one attached hydrogen (secondary N) is 1. The van der Waals surface area contributed by atoms with Crippen molar-refractivity contribution in [1.82, 2.24) is 5.32 Å². The number of carbonyl (C=O) groups is 2. The maximum absolute atomic E-state index is 12.9. The topological polar surface area (TPSA) is 67.9 Å². The number of benzene rings is 2. The molecule has 1 fully saturated rings. The fraction of sp³-hybridized carbons (Fsp3) is 0.273. The van der Waals surface area contributed by atoms with Crippen LogP contribution in [-0.2, 0) is 14.3 Å². The number of esters is 1. The molecule has 2 unspecified atom stereocenters. The number of anilines is 1. The normalized spacial score (nSPS) is 19.1. The fourth-order valence-corrected chi connectivity index (χ4v) is 3.29. The lowest BCUT2D eigenvalue weighted by Crippen LogP contribution is -2.64. The van der Waals surface area contributed by atoms with E-state index in [4.69, 9.17) is 4.74 Å². The van der Waals surface area contributed by atoms with E-state index in [2.05, 4.69) is 10.1 Å². The third kappa shape index (κ3) is 3.86. The molecule has 1 amide bonds. The molecular weight excluding hydrogens is 356 g/mol. The molecule has 0 aliphatic carbocycles. The van der Waals surface area contributed by atoms with Gasteiger partial charge in [0.15, 0.2) is 0 Å². The zero-order chi connectivity index (χ0) is 20.3. The van der Waals surface area contributed by atoms with Gasteiger partial charge in [0.25, 0.3) is 5.91 Å². The average Bonchev–Trinajstić information content (AvgIpc) is 2.71. The Hall–Kier alpha value is -3.28. The summed E-state index contributed by atoms with van der Waals surface area (Å²) in [6, 6.07) is 14.8. The van der Waals surface area contributed by atoms with Crippen LogP contribution >= 0.6 is 0 Å². The second-order valence-corrected chi connectivity index (χ2v) is 6.73. The van der Waals surface area contributed by atoms with Crippen molar-refractivity contribution in [3.63, 3.8) is 0 Å². The summed E-state index contributed by atoms with van der Waals surface area (Å²) in [5.74, 6) is 0.234. The third-order valence-electron chi connectivity index (χ3n) is 4.79. The molecular formula is C22H24N2O4. The number of allylic oxidation sites excluding steroid dienone is 1. The molecule has 28 heavy (non-hydrogen) atoms. The first-order valence-corrected chi connectivity index (χ1v) is 9.01. The van der Waals surface area contributed by atoms with Crippen molar-refractivity contribution in [3.8, 4) is 5.75 Å². The van der Waals surface area contributed by atoms with Crippen molar-refractivity contribution in [2.75, 3.05) is 19.1 Å². The maximum atomic E-state index is 12.9. The SMILES string of the molecule is COC(=O)C=C(C)NC1C(=O)N(c2ccc(C)cc2)C1c1ccc(OC)cc1. The van der Waals surface area contributed by atoms with Crippen LogP contribution in [0.1, 0.15) is 24.1 Å². The minimum Gasteiger partial charge on any atom is -0.497 e. The molecule has 146 valence electrons. The molecule has 2 atom stereocenters. The van der Waals surface area contributed by atoms with Gasteiger partial charge in [-0.1, -0.05) is 29.8 Å². The molecule has 6 nitrogen and oxygen atoms in total. The quantitative estimate of drug-likeness (QED) is 0.474. The van der Waals surface area contributed by atoms with Crippen LogP contribution in [0.5, 0.6) is 5.75 Å². The third-order valence-corrected chi connectivity index (χ3v) is 4.79. The summed E-state index contributed by atoms with van der Waals surface area (Å²) in [4.78, 5) is 26.2. The van der Waals surface area contributed by atoms with E-state index in [0.29, 0.717) is 5.70 Å². The van der Waals surface area contributed by atoms with Crippen LogP contribution in [-0.4, -0.2) is 32.1 Å². The van der Waals surface area contributed by atoms with Crippen LogP contribution in [0, 0.1) is 6.92 Å². The Bertz CT molecular complexity index is 888. The lowest BCUT2D eigenvalue weighted by Gasteiger charge is -2.48. The summed E-state index contributed by atoms with van der Waals surface area (Å²) < 4.78 is 9.89. The number of hydrogen-bond acceptors (Lipinski definition) is 5. The second-order valence-electron chi connectivity index (χ2n) is 6.73. The largest absolute Gasteiger partial charge is 0.497 e.